The van der Waals surface area contributed by atoms with Gasteiger partial charge in [0, 0.05) is 18.7 Å². The maximum absolute atomic E-state index is 12.4. The lowest BCUT2D eigenvalue weighted by Gasteiger charge is -2.24. The summed E-state index contributed by atoms with van der Waals surface area (Å²) in [7, 11) is 0. The summed E-state index contributed by atoms with van der Waals surface area (Å²) in [6, 6.07) is 7.73. The van der Waals surface area contributed by atoms with Gasteiger partial charge in [-0.25, -0.2) is 0 Å². The number of carbonyl (C=O) groups excluding carboxylic acids is 2. The van der Waals surface area contributed by atoms with Crippen LogP contribution in [0.2, 0.25) is 0 Å². The van der Waals surface area contributed by atoms with Gasteiger partial charge in [-0.2, -0.15) is 0 Å². The number of nitrogens with zero attached hydrogens (tertiary/aromatic N) is 1. The van der Waals surface area contributed by atoms with Crippen LogP contribution in [0.15, 0.2) is 24.3 Å². The zero-order valence-electron chi connectivity index (χ0n) is 16.1. The molecule has 2 fully saturated rings. The van der Waals surface area contributed by atoms with Crippen LogP contribution in [0.3, 0.4) is 0 Å². The highest BCUT2D eigenvalue weighted by molar-refractivity contribution is 7.80. The van der Waals surface area contributed by atoms with Crippen molar-refractivity contribution in [2.24, 2.45) is 5.92 Å². The third kappa shape index (κ3) is 5.63. The maximum atomic E-state index is 12.4. The highest BCUT2D eigenvalue weighted by atomic mass is 32.1. The number of benzene rings is 1. The van der Waals surface area contributed by atoms with Crippen molar-refractivity contribution < 1.29 is 19.2 Å². The Kier molecular flexibility index (Phi) is 7.18. The number of thiocarbonyl (C=S) groups is 1. The zero-order valence-corrected chi connectivity index (χ0v) is 16.9. The van der Waals surface area contributed by atoms with Gasteiger partial charge in [0.2, 0.25) is 11.8 Å². The number of anilines is 1. The summed E-state index contributed by atoms with van der Waals surface area (Å²) in [4.78, 5) is 27.8. The second kappa shape index (κ2) is 9.81. The highest BCUT2D eigenvalue weighted by Gasteiger charge is 2.35. The molecule has 2 aliphatic rings. The monoisotopic (exact) mass is 406 g/mol. The Bertz CT molecular complexity index is 706. The molecule has 4 N–H and O–H groups in total. The minimum absolute atomic E-state index is 0.0433. The first-order valence-corrected chi connectivity index (χ1v) is 10.1. The average Bonchev–Trinajstić information content (AvgIpc) is 3.09. The summed E-state index contributed by atoms with van der Waals surface area (Å²) in [6.07, 6.45) is 0.196. The van der Waals surface area contributed by atoms with Crippen molar-refractivity contribution in [2.45, 2.75) is 13.3 Å². The lowest BCUT2D eigenvalue weighted by atomic mass is 10.1. The van der Waals surface area contributed by atoms with Crippen molar-refractivity contribution in [2.75, 3.05) is 50.8 Å². The fourth-order valence-electron chi connectivity index (χ4n) is 3.38. The number of hydrazine groups is 1. The summed E-state index contributed by atoms with van der Waals surface area (Å²) in [5.41, 5.74) is 7.30. The van der Waals surface area contributed by atoms with Gasteiger partial charge in [-0.1, -0.05) is 17.7 Å². The van der Waals surface area contributed by atoms with Crippen molar-refractivity contribution >= 4 is 34.8 Å². The normalized spacial score (nSPS) is 20.1. The maximum Gasteiger partial charge on any atom is 0.243 e. The van der Waals surface area contributed by atoms with Crippen molar-refractivity contribution in [3.8, 4) is 0 Å². The molecule has 0 bridgehead atoms. The number of morpholine rings is 1. The van der Waals surface area contributed by atoms with Crippen LogP contribution in [0.5, 0.6) is 0 Å². The van der Waals surface area contributed by atoms with Gasteiger partial charge in [-0.05, 0) is 31.3 Å². The summed E-state index contributed by atoms with van der Waals surface area (Å²) < 4.78 is 5.33. The molecule has 0 spiro atoms. The van der Waals surface area contributed by atoms with Gasteiger partial charge in [-0.15, -0.1) is 0 Å². The molecule has 0 saturated carbocycles. The van der Waals surface area contributed by atoms with Crippen LogP contribution in [0.25, 0.3) is 0 Å². The van der Waals surface area contributed by atoms with E-state index in [1.807, 2.05) is 31.2 Å². The first-order valence-electron chi connectivity index (χ1n) is 9.65. The third-order valence-electron chi connectivity index (χ3n) is 5.10. The number of aryl methyl sites for hydroxylation is 1. The van der Waals surface area contributed by atoms with Crippen LogP contribution in [0.1, 0.15) is 12.0 Å². The van der Waals surface area contributed by atoms with Crippen molar-refractivity contribution in [1.82, 2.24) is 16.2 Å². The molecule has 152 valence electrons. The molecule has 3 rings (SSSR count). The van der Waals surface area contributed by atoms with Crippen LogP contribution in [-0.4, -0.2) is 62.9 Å². The Morgan fingerprint density at radius 1 is 1.25 bits per heavy atom. The Labute approximate surface area is 170 Å². The molecule has 0 radical (unpaired) electrons. The van der Waals surface area contributed by atoms with Gasteiger partial charge < -0.3 is 19.9 Å². The van der Waals surface area contributed by atoms with E-state index in [-0.39, 0.29) is 18.2 Å². The van der Waals surface area contributed by atoms with Crippen molar-refractivity contribution in [3.05, 3.63) is 29.8 Å². The van der Waals surface area contributed by atoms with Crippen LogP contribution in [-0.2, 0) is 14.3 Å². The fourth-order valence-corrected chi connectivity index (χ4v) is 3.54. The summed E-state index contributed by atoms with van der Waals surface area (Å²) in [5, 5.41) is 3.47. The molecule has 1 atom stereocenters. The summed E-state index contributed by atoms with van der Waals surface area (Å²) in [5.74, 6) is -0.675. The highest BCUT2D eigenvalue weighted by Crippen LogP contribution is 2.25. The quantitative estimate of drug-likeness (QED) is 0.362. The van der Waals surface area contributed by atoms with Crippen molar-refractivity contribution in [1.29, 1.82) is 0 Å². The molecule has 2 aliphatic heterocycles. The molecular formula is C19H28N5O3S+. The van der Waals surface area contributed by atoms with E-state index >= 15 is 0 Å². The van der Waals surface area contributed by atoms with Gasteiger partial charge in [0.1, 0.15) is 13.1 Å². The molecule has 1 aromatic rings. The molecule has 0 unspecified atom stereocenters. The third-order valence-corrected chi connectivity index (χ3v) is 5.35. The summed E-state index contributed by atoms with van der Waals surface area (Å²) in [6.45, 7) is 7.65. The molecular weight excluding hydrogens is 378 g/mol. The minimum Gasteiger partial charge on any atom is -0.370 e. The lowest BCUT2D eigenvalue weighted by Crippen LogP contribution is -3.14. The number of nitrogens with one attached hydrogen (secondary N) is 4. The molecule has 8 nitrogen and oxygen atoms in total. The number of carbonyl (C=O) groups is 2. The molecule has 2 amide bonds. The Morgan fingerprint density at radius 2 is 1.96 bits per heavy atom. The first-order chi connectivity index (χ1) is 13.5. The predicted octanol–water partition coefficient (Wildman–Crippen LogP) is -1.24. The molecule has 28 heavy (non-hydrogen) atoms. The van der Waals surface area contributed by atoms with Gasteiger partial charge >= 0.3 is 0 Å². The van der Waals surface area contributed by atoms with E-state index in [1.54, 1.807) is 4.90 Å². The Morgan fingerprint density at radius 3 is 2.68 bits per heavy atom. The molecule has 9 heteroatoms. The van der Waals surface area contributed by atoms with E-state index in [1.165, 1.54) is 4.90 Å². The number of quaternary nitrogens is 1. The predicted molar refractivity (Wildman–Crippen MR) is 110 cm³/mol. The molecule has 1 aromatic carbocycles. The largest absolute Gasteiger partial charge is 0.370 e. The van der Waals surface area contributed by atoms with E-state index in [0.717, 1.165) is 50.6 Å². The second-order valence-corrected chi connectivity index (χ2v) is 7.63. The molecule has 0 aliphatic carbocycles. The number of hydrogen-bond donors (Lipinski definition) is 4. The van der Waals surface area contributed by atoms with Crippen LogP contribution < -0.4 is 26.0 Å². The molecule has 2 heterocycles. The van der Waals surface area contributed by atoms with E-state index in [4.69, 9.17) is 17.0 Å². The minimum atomic E-state index is -0.401. The van der Waals surface area contributed by atoms with E-state index in [0.29, 0.717) is 11.7 Å². The SMILES string of the molecule is Cc1ccc(N2C[C@@H](C(=O)NNC(=S)NCC[NH+]3CCOCC3)CC2=O)cc1. The van der Waals surface area contributed by atoms with E-state index in [2.05, 4.69) is 16.2 Å². The molecule has 0 aromatic heterocycles. The first kappa shape index (κ1) is 20.5. The molecule has 2 saturated heterocycles. The standard InChI is InChI=1S/C19H27N5O3S/c1-14-2-4-16(5-3-14)24-13-15(12-17(24)25)18(26)21-22-19(28)20-6-7-23-8-10-27-11-9-23/h2-5,15H,6-13H2,1H3,(H,21,26)(H2,20,22,28)/p+1/t15-/m0/s1. The zero-order chi connectivity index (χ0) is 19.9. The van der Waals surface area contributed by atoms with Gasteiger partial charge in [0.25, 0.3) is 0 Å². The van der Waals surface area contributed by atoms with Crippen molar-refractivity contribution in [3.63, 3.8) is 0 Å². The Hall–Kier alpha value is -2.23. The fraction of sp³-hybridized carbons (Fsp3) is 0.526. The number of ether oxygens (including phenoxy) is 1. The van der Waals surface area contributed by atoms with E-state index < -0.39 is 5.92 Å². The van der Waals surface area contributed by atoms with E-state index in [9.17, 15) is 9.59 Å². The number of amides is 2. The average molecular weight is 407 g/mol. The van der Waals surface area contributed by atoms with Crippen LogP contribution in [0, 0.1) is 12.8 Å². The Balaban J connectivity index is 1.38. The van der Waals surface area contributed by atoms with Gasteiger partial charge in [0.05, 0.1) is 32.2 Å². The topological polar surface area (TPSA) is 87.1 Å². The second-order valence-electron chi connectivity index (χ2n) is 7.22. The van der Waals surface area contributed by atoms with Crippen LogP contribution >= 0.6 is 12.2 Å². The van der Waals surface area contributed by atoms with Gasteiger partial charge in [0.15, 0.2) is 5.11 Å². The number of hydrogen-bond acceptors (Lipinski definition) is 4. The summed E-state index contributed by atoms with van der Waals surface area (Å²) >= 11 is 5.20. The van der Waals surface area contributed by atoms with Gasteiger partial charge in [-0.3, -0.25) is 20.4 Å². The lowest BCUT2D eigenvalue weighted by molar-refractivity contribution is -0.906. The smallest absolute Gasteiger partial charge is 0.243 e. The van der Waals surface area contributed by atoms with Crippen LogP contribution in [0.4, 0.5) is 5.69 Å². The number of rotatable bonds is 5.